The summed E-state index contributed by atoms with van der Waals surface area (Å²) in [5.41, 5.74) is 1.37. The molecule has 5 heteroatoms. The van der Waals surface area contributed by atoms with Gasteiger partial charge in [0.05, 0.1) is 5.75 Å². The molecule has 3 rings (SSSR count). The maximum atomic E-state index is 11.3. The fraction of sp³-hybridized carbons (Fsp3) is 0.444. The molecule has 0 aromatic heterocycles. The zero-order chi connectivity index (χ0) is 16.3. The van der Waals surface area contributed by atoms with E-state index in [4.69, 9.17) is 0 Å². The van der Waals surface area contributed by atoms with Gasteiger partial charge in [-0.2, -0.15) is 0 Å². The topological polar surface area (TPSA) is 40.6 Å². The minimum atomic E-state index is -2.87. The van der Waals surface area contributed by atoms with Gasteiger partial charge in [0.2, 0.25) is 0 Å². The van der Waals surface area contributed by atoms with Gasteiger partial charge in [0, 0.05) is 45.5 Å². The summed E-state index contributed by atoms with van der Waals surface area (Å²) in [5, 5.41) is 2.62. The second kappa shape index (κ2) is 6.99. The Morgan fingerprint density at radius 1 is 0.913 bits per heavy atom. The lowest BCUT2D eigenvalue weighted by Crippen LogP contribution is -2.47. The lowest BCUT2D eigenvalue weighted by Gasteiger charge is -2.34. The normalized spacial score (nSPS) is 17.6. The second-order valence-corrected chi connectivity index (χ2v) is 8.65. The van der Waals surface area contributed by atoms with Gasteiger partial charge >= 0.3 is 0 Å². The summed E-state index contributed by atoms with van der Waals surface area (Å²) < 4.78 is 22.5. The fourth-order valence-corrected chi connectivity index (χ4v) is 3.73. The van der Waals surface area contributed by atoms with Crippen LogP contribution in [0.2, 0.25) is 0 Å². The molecule has 1 aliphatic rings. The molecule has 2 aromatic carbocycles. The number of hydrogen-bond acceptors (Lipinski definition) is 4. The van der Waals surface area contributed by atoms with Crippen molar-refractivity contribution >= 4 is 20.6 Å². The van der Waals surface area contributed by atoms with Crippen molar-refractivity contribution in [2.45, 2.75) is 6.54 Å². The maximum absolute atomic E-state index is 11.3. The maximum Gasteiger partial charge on any atom is 0.148 e. The summed E-state index contributed by atoms with van der Waals surface area (Å²) in [7, 11) is -2.87. The Morgan fingerprint density at radius 2 is 1.57 bits per heavy atom. The molecule has 1 heterocycles. The zero-order valence-corrected chi connectivity index (χ0v) is 14.4. The summed E-state index contributed by atoms with van der Waals surface area (Å²) in [4.78, 5) is 4.71. The number of hydrogen-bond donors (Lipinski definition) is 0. The molecule has 0 spiro atoms. The molecule has 0 aliphatic carbocycles. The van der Waals surface area contributed by atoms with Crippen LogP contribution in [-0.4, -0.2) is 63.0 Å². The van der Waals surface area contributed by atoms with E-state index in [1.165, 1.54) is 22.6 Å². The highest BCUT2D eigenvalue weighted by Crippen LogP contribution is 2.20. The van der Waals surface area contributed by atoms with Crippen molar-refractivity contribution in [2.24, 2.45) is 0 Å². The minimum absolute atomic E-state index is 0.260. The van der Waals surface area contributed by atoms with Gasteiger partial charge in [-0.25, -0.2) is 8.42 Å². The number of fused-ring (bicyclic) bond motifs is 1. The molecule has 2 aromatic rings. The van der Waals surface area contributed by atoms with Crippen LogP contribution in [0, 0.1) is 0 Å². The first-order valence-corrected chi connectivity index (χ1v) is 10.2. The monoisotopic (exact) mass is 332 g/mol. The zero-order valence-electron chi connectivity index (χ0n) is 13.6. The van der Waals surface area contributed by atoms with Gasteiger partial charge in [0.1, 0.15) is 9.84 Å². The third-order valence-electron chi connectivity index (χ3n) is 4.52. The Morgan fingerprint density at radius 3 is 2.30 bits per heavy atom. The van der Waals surface area contributed by atoms with Gasteiger partial charge in [-0.05, 0) is 16.3 Å². The smallest absolute Gasteiger partial charge is 0.148 e. The molecule has 0 unspecified atom stereocenters. The first kappa shape index (κ1) is 16.4. The first-order chi connectivity index (χ1) is 11.0. The van der Waals surface area contributed by atoms with Gasteiger partial charge in [0.15, 0.2) is 0 Å². The molecule has 0 atom stereocenters. The van der Waals surface area contributed by atoms with Crippen LogP contribution < -0.4 is 0 Å². The molecule has 4 nitrogen and oxygen atoms in total. The summed E-state index contributed by atoms with van der Waals surface area (Å²) in [6, 6.07) is 15.0. The molecule has 23 heavy (non-hydrogen) atoms. The van der Waals surface area contributed by atoms with E-state index in [2.05, 4.69) is 52.3 Å². The molecule has 1 aliphatic heterocycles. The number of benzene rings is 2. The van der Waals surface area contributed by atoms with E-state index in [1.54, 1.807) is 0 Å². The summed E-state index contributed by atoms with van der Waals surface area (Å²) >= 11 is 0. The third kappa shape index (κ3) is 4.53. The van der Waals surface area contributed by atoms with Gasteiger partial charge in [-0.15, -0.1) is 0 Å². The largest absolute Gasteiger partial charge is 0.300 e. The van der Waals surface area contributed by atoms with Crippen LogP contribution in [0.1, 0.15) is 5.56 Å². The van der Waals surface area contributed by atoms with E-state index < -0.39 is 9.84 Å². The van der Waals surface area contributed by atoms with E-state index in [0.717, 1.165) is 32.7 Å². The van der Waals surface area contributed by atoms with E-state index in [1.807, 2.05) is 0 Å². The van der Waals surface area contributed by atoms with Crippen LogP contribution in [0.5, 0.6) is 0 Å². The lowest BCUT2D eigenvalue weighted by molar-refractivity contribution is 0.133. The molecule has 124 valence electrons. The quantitative estimate of drug-likeness (QED) is 0.840. The standard InChI is InChI=1S/C18H24N2O2S/c1-23(21,22)14-13-19-9-11-20(12-10-19)15-17-7-4-6-16-5-2-3-8-18(16)17/h2-8H,9-15H2,1H3. The lowest BCUT2D eigenvalue weighted by atomic mass is 10.0. The fourth-order valence-electron chi connectivity index (χ4n) is 3.14. The molecule has 1 saturated heterocycles. The number of nitrogens with zero attached hydrogens (tertiary/aromatic N) is 2. The highest BCUT2D eigenvalue weighted by Gasteiger charge is 2.18. The van der Waals surface area contributed by atoms with E-state index in [0.29, 0.717) is 6.54 Å². The highest BCUT2D eigenvalue weighted by molar-refractivity contribution is 7.90. The molecule has 0 radical (unpaired) electrons. The first-order valence-electron chi connectivity index (χ1n) is 8.10. The van der Waals surface area contributed by atoms with Crippen LogP contribution in [0.4, 0.5) is 0 Å². The van der Waals surface area contributed by atoms with Crippen molar-refractivity contribution in [2.75, 3.05) is 44.7 Å². The predicted octanol–water partition coefficient (Wildman–Crippen LogP) is 2.00. The highest BCUT2D eigenvalue weighted by atomic mass is 32.2. The van der Waals surface area contributed by atoms with E-state index >= 15 is 0 Å². The Hall–Kier alpha value is -1.43. The average molecular weight is 332 g/mol. The third-order valence-corrected chi connectivity index (χ3v) is 5.44. The van der Waals surface area contributed by atoms with Crippen LogP contribution in [0.15, 0.2) is 42.5 Å². The Labute approximate surface area is 138 Å². The van der Waals surface area contributed by atoms with Crippen LogP contribution in [-0.2, 0) is 16.4 Å². The van der Waals surface area contributed by atoms with Crippen molar-refractivity contribution in [1.29, 1.82) is 0 Å². The molecule has 0 amide bonds. The van der Waals surface area contributed by atoms with Gasteiger partial charge < -0.3 is 0 Å². The molecule has 1 fully saturated rings. The minimum Gasteiger partial charge on any atom is -0.300 e. The van der Waals surface area contributed by atoms with Crippen molar-refractivity contribution in [3.05, 3.63) is 48.0 Å². The van der Waals surface area contributed by atoms with Crippen molar-refractivity contribution in [1.82, 2.24) is 9.80 Å². The summed E-state index contributed by atoms with van der Waals surface area (Å²) in [6.07, 6.45) is 1.31. The van der Waals surface area contributed by atoms with Gasteiger partial charge in [-0.1, -0.05) is 42.5 Å². The second-order valence-electron chi connectivity index (χ2n) is 6.39. The van der Waals surface area contributed by atoms with Crippen molar-refractivity contribution in [3.63, 3.8) is 0 Å². The molecular weight excluding hydrogens is 308 g/mol. The summed E-state index contributed by atoms with van der Waals surface area (Å²) in [5.74, 6) is 0.260. The van der Waals surface area contributed by atoms with E-state index in [-0.39, 0.29) is 5.75 Å². The van der Waals surface area contributed by atoms with Crippen LogP contribution in [0.25, 0.3) is 10.8 Å². The van der Waals surface area contributed by atoms with E-state index in [9.17, 15) is 8.42 Å². The Balaban J connectivity index is 1.58. The molecule has 0 bridgehead atoms. The summed E-state index contributed by atoms with van der Waals surface area (Å²) in [6.45, 7) is 5.49. The molecule has 0 saturated carbocycles. The Bertz CT molecular complexity index is 760. The molecular formula is C18H24N2O2S. The SMILES string of the molecule is CS(=O)(=O)CCN1CCN(Cc2cccc3ccccc23)CC1. The molecule has 0 N–H and O–H groups in total. The van der Waals surface area contributed by atoms with Crippen molar-refractivity contribution < 1.29 is 8.42 Å². The number of sulfone groups is 1. The van der Waals surface area contributed by atoms with Crippen molar-refractivity contribution in [3.8, 4) is 0 Å². The number of rotatable bonds is 5. The predicted molar refractivity (Wildman–Crippen MR) is 95.4 cm³/mol. The number of piperazine rings is 1. The van der Waals surface area contributed by atoms with Crippen LogP contribution >= 0.6 is 0 Å². The van der Waals surface area contributed by atoms with Gasteiger partial charge in [-0.3, -0.25) is 9.80 Å². The Kier molecular flexibility index (Phi) is 4.99. The average Bonchev–Trinajstić information content (AvgIpc) is 2.54. The van der Waals surface area contributed by atoms with Gasteiger partial charge in [0.25, 0.3) is 0 Å². The van der Waals surface area contributed by atoms with Crippen LogP contribution in [0.3, 0.4) is 0 Å².